The largest absolute Gasteiger partial charge is 0.486 e. The van der Waals surface area contributed by atoms with E-state index in [1.807, 2.05) is 30.3 Å². The molecule has 30 heavy (non-hydrogen) atoms. The van der Waals surface area contributed by atoms with Gasteiger partial charge in [-0.25, -0.2) is 4.39 Å². The van der Waals surface area contributed by atoms with Crippen molar-refractivity contribution in [1.29, 1.82) is 0 Å². The fraction of sp³-hybridized carbons (Fsp3) is 0.391. The number of hydrogen-bond donors (Lipinski definition) is 2. The maximum Gasteiger partial charge on any atom is 0.254 e. The number of amides is 2. The predicted molar refractivity (Wildman–Crippen MR) is 108 cm³/mol. The molecule has 156 valence electrons. The number of benzene rings is 2. The van der Waals surface area contributed by atoms with Crippen molar-refractivity contribution in [1.82, 2.24) is 10.6 Å². The molecule has 7 heteroatoms. The van der Waals surface area contributed by atoms with Gasteiger partial charge in [0.2, 0.25) is 0 Å². The molecular formula is C23H23FN2O4. The van der Waals surface area contributed by atoms with Crippen molar-refractivity contribution in [2.45, 2.75) is 18.1 Å². The van der Waals surface area contributed by atoms with Crippen LogP contribution in [0.2, 0.25) is 0 Å². The van der Waals surface area contributed by atoms with Crippen molar-refractivity contribution in [2.24, 2.45) is 11.8 Å². The molecule has 0 bridgehead atoms. The number of carbonyl (C=O) groups excluding carboxylic acids is 2. The van der Waals surface area contributed by atoms with E-state index in [1.54, 1.807) is 6.07 Å². The quantitative estimate of drug-likeness (QED) is 0.793. The topological polar surface area (TPSA) is 76.7 Å². The lowest BCUT2D eigenvalue weighted by atomic mass is 9.86. The standard InChI is InChI=1S/C23H23FN2O4/c1-25-23(28)15-8-13(22(27)26-20-16-10-29-11-17(16)20)7-14-19(12-5-3-2-4-6-12)18(9-24)30-21(14)15/h2-8,16-20H,9-11H2,1H3,(H,25,28)(H,26,27)/t16-,17+,18-,19+,20-/m1/s1. The van der Waals surface area contributed by atoms with Crippen LogP contribution in [0, 0.1) is 11.8 Å². The zero-order chi connectivity index (χ0) is 20.8. The van der Waals surface area contributed by atoms with Gasteiger partial charge in [0.25, 0.3) is 11.8 Å². The summed E-state index contributed by atoms with van der Waals surface area (Å²) in [6.07, 6.45) is -0.746. The highest BCUT2D eigenvalue weighted by Crippen LogP contribution is 2.46. The zero-order valence-corrected chi connectivity index (χ0v) is 16.6. The van der Waals surface area contributed by atoms with Gasteiger partial charge in [-0.15, -0.1) is 0 Å². The first kappa shape index (κ1) is 19.1. The second-order valence-electron chi connectivity index (χ2n) is 8.08. The van der Waals surface area contributed by atoms with E-state index in [0.29, 0.717) is 41.9 Å². The summed E-state index contributed by atoms with van der Waals surface area (Å²) in [6, 6.07) is 12.8. The highest BCUT2D eigenvalue weighted by atomic mass is 19.1. The molecule has 2 aliphatic heterocycles. The number of fused-ring (bicyclic) bond motifs is 2. The average Bonchev–Trinajstić information content (AvgIpc) is 3.14. The van der Waals surface area contributed by atoms with Crippen molar-refractivity contribution in [2.75, 3.05) is 26.9 Å². The monoisotopic (exact) mass is 410 g/mol. The molecule has 5 atom stereocenters. The minimum atomic E-state index is -0.746. The molecule has 0 radical (unpaired) electrons. The van der Waals surface area contributed by atoms with E-state index in [9.17, 15) is 14.0 Å². The number of rotatable bonds is 5. The van der Waals surface area contributed by atoms with E-state index < -0.39 is 18.7 Å². The lowest BCUT2D eigenvalue weighted by molar-refractivity contribution is 0.0929. The Morgan fingerprint density at radius 3 is 2.50 bits per heavy atom. The van der Waals surface area contributed by atoms with Crippen molar-refractivity contribution >= 4 is 11.8 Å². The van der Waals surface area contributed by atoms with Crippen LogP contribution in [0.25, 0.3) is 0 Å². The number of nitrogens with one attached hydrogen (secondary N) is 2. The molecule has 5 rings (SSSR count). The summed E-state index contributed by atoms with van der Waals surface area (Å²) in [7, 11) is 1.52. The molecule has 1 saturated heterocycles. The number of hydrogen-bond acceptors (Lipinski definition) is 4. The van der Waals surface area contributed by atoms with Crippen molar-refractivity contribution in [3.8, 4) is 5.75 Å². The van der Waals surface area contributed by atoms with Crippen LogP contribution < -0.4 is 15.4 Å². The Morgan fingerprint density at radius 1 is 1.10 bits per heavy atom. The third-order valence-corrected chi connectivity index (χ3v) is 6.39. The van der Waals surface area contributed by atoms with E-state index in [1.165, 1.54) is 13.1 Å². The van der Waals surface area contributed by atoms with Gasteiger partial charge in [0.15, 0.2) is 0 Å². The Hall–Kier alpha value is -2.93. The van der Waals surface area contributed by atoms with E-state index in [2.05, 4.69) is 10.6 Å². The van der Waals surface area contributed by atoms with E-state index in [-0.39, 0.29) is 23.4 Å². The number of alkyl halides is 1. The molecule has 2 amide bonds. The maximum absolute atomic E-state index is 13.9. The van der Waals surface area contributed by atoms with Gasteiger partial charge < -0.3 is 20.1 Å². The highest BCUT2D eigenvalue weighted by Gasteiger charge is 2.54. The summed E-state index contributed by atoms with van der Waals surface area (Å²) < 4.78 is 25.1. The Bertz CT molecular complexity index is 986. The minimum Gasteiger partial charge on any atom is -0.486 e. The molecule has 2 aromatic carbocycles. The molecule has 6 nitrogen and oxygen atoms in total. The molecule has 1 saturated carbocycles. The van der Waals surface area contributed by atoms with E-state index in [0.717, 1.165) is 5.56 Å². The average molecular weight is 410 g/mol. The Labute approximate surface area is 173 Å². The van der Waals surface area contributed by atoms with Crippen molar-refractivity contribution < 1.29 is 23.5 Å². The lowest BCUT2D eigenvalue weighted by Gasteiger charge is -2.16. The van der Waals surface area contributed by atoms with Crippen LogP contribution in [0.3, 0.4) is 0 Å². The first-order chi connectivity index (χ1) is 14.6. The zero-order valence-electron chi connectivity index (χ0n) is 16.6. The van der Waals surface area contributed by atoms with E-state index in [4.69, 9.17) is 9.47 Å². The van der Waals surface area contributed by atoms with Gasteiger partial charge in [0, 0.05) is 36.1 Å². The van der Waals surface area contributed by atoms with Gasteiger partial charge in [-0.3, -0.25) is 9.59 Å². The van der Waals surface area contributed by atoms with Gasteiger partial charge in [0.1, 0.15) is 18.5 Å². The molecule has 2 heterocycles. The molecule has 2 N–H and O–H groups in total. The van der Waals surface area contributed by atoms with E-state index >= 15 is 0 Å². The molecule has 0 aromatic heterocycles. The Balaban J connectivity index is 1.54. The summed E-state index contributed by atoms with van der Waals surface area (Å²) in [4.78, 5) is 25.5. The lowest BCUT2D eigenvalue weighted by Crippen LogP contribution is -2.30. The number of halogens is 1. The maximum atomic E-state index is 13.9. The summed E-state index contributed by atoms with van der Waals surface area (Å²) in [6.45, 7) is 0.644. The van der Waals surface area contributed by atoms with Crippen LogP contribution in [-0.2, 0) is 4.74 Å². The molecule has 2 aromatic rings. The smallest absolute Gasteiger partial charge is 0.254 e. The fourth-order valence-electron chi connectivity index (χ4n) is 4.73. The highest BCUT2D eigenvalue weighted by molar-refractivity contribution is 6.02. The summed E-state index contributed by atoms with van der Waals surface area (Å²) in [5, 5.41) is 5.65. The molecule has 2 fully saturated rings. The summed E-state index contributed by atoms with van der Waals surface area (Å²) in [5.74, 6) is 0.0909. The fourth-order valence-corrected chi connectivity index (χ4v) is 4.73. The summed E-state index contributed by atoms with van der Waals surface area (Å²) >= 11 is 0. The van der Waals surface area contributed by atoms with Gasteiger partial charge in [-0.2, -0.15) is 0 Å². The number of ether oxygens (including phenoxy) is 2. The summed E-state index contributed by atoms with van der Waals surface area (Å²) in [5.41, 5.74) is 2.17. The molecule has 0 spiro atoms. The Kier molecular flexibility index (Phi) is 4.70. The van der Waals surface area contributed by atoms with Crippen LogP contribution in [0.4, 0.5) is 4.39 Å². The van der Waals surface area contributed by atoms with Gasteiger partial charge in [0.05, 0.1) is 24.7 Å². The van der Waals surface area contributed by atoms with Gasteiger partial charge >= 0.3 is 0 Å². The number of carbonyl (C=O) groups is 2. The van der Waals surface area contributed by atoms with Gasteiger partial charge in [-0.1, -0.05) is 30.3 Å². The van der Waals surface area contributed by atoms with Crippen LogP contribution in [0.5, 0.6) is 5.75 Å². The first-order valence-corrected chi connectivity index (χ1v) is 10.2. The second-order valence-corrected chi connectivity index (χ2v) is 8.08. The van der Waals surface area contributed by atoms with Crippen molar-refractivity contribution in [3.63, 3.8) is 0 Å². The van der Waals surface area contributed by atoms with Crippen LogP contribution in [0.1, 0.15) is 37.8 Å². The third-order valence-electron chi connectivity index (χ3n) is 6.39. The molecule has 1 aliphatic carbocycles. The molecule has 3 aliphatic rings. The molecular weight excluding hydrogens is 387 g/mol. The first-order valence-electron chi connectivity index (χ1n) is 10.2. The minimum absolute atomic E-state index is 0.114. The van der Waals surface area contributed by atoms with Crippen LogP contribution in [-0.4, -0.2) is 50.9 Å². The second kappa shape index (κ2) is 7.40. The van der Waals surface area contributed by atoms with Crippen LogP contribution >= 0.6 is 0 Å². The normalized spacial score (nSPS) is 28.3. The SMILES string of the molecule is CNC(=O)c1cc(C(=O)N[C@@H]2[C@@H]3COC[C@@H]32)cc2c1O[C@H](CF)[C@H]2c1ccccc1. The third kappa shape index (κ3) is 3.04. The van der Waals surface area contributed by atoms with Crippen molar-refractivity contribution in [3.05, 3.63) is 64.7 Å². The molecule has 0 unspecified atom stereocenters. The predicted octanol–water partition coefficient (Wildman–Crippen LogP) is 2.28. The van der Waals surface area contributed by atoms with Gasteiger partial charge in [-0.05, 0) is 17.7 Å². The Morgan fingerprint density at radius 2 is 1.83 bits per heavy atom. The van der Waals surface area contributed by atoms with Crippen LogP contribution in [0.15, 0.2) is 42.5 Å².